The lowest BCUT2D eigenvalue weighted by Gasteiger charge is -2.06. The molecule has 6 nitrogen and oxygen atoms in total. The topological polar surface area (TPSA) is 85.5 Å². The van der Waals surface area contributed by atoms with Crippen LogP contribution in [0.3, 0.4) is 0 Å². The standard InChI is InChI=1S/C26H26N2O4/c1-31-26(30)20-14-12-19(13-15-20)21-16-23-24(27-17-21)28-25(32-23)22(29)11-7-3-6-10-18-8-4-2-5-9-18/h2,4-5,8-9,12-17,22,29H,3,6-7,10-11H2,1H3. The van der Waals surface area contributed by atoms with Crippen LogP contribution in [0.25, 0.3) is 22.4 Å². The van der Waals surface area contributed by atoms with Gasteiger partial charge in [0.1, 0.15) is 6.10 Å². The number of methoxy groups -OCH3 is 1. The van der Waals surface area contributed by atoms with Gasteiger partial charge < -0.3 is 14.3 Å². The van der Waals surface area contributed by atoms with E-state index in [1.807, 2.05) is 24.3 Å². The van der Waals surface area contributed by atoms with E-state index in [9.17, 15) is 9.90 Å². The maximum Gasteiger partial charge on any atom is 0.337 e. The number of aromatic nitrogens is 2. The van der Waals surface area contributed by atoms with Crippen LogP contribution < -0.4 is 0 Å². The lowest BCUT2D eigenvalue weighted by Crippen LogP contribution is -2.00. The van der Waals surface area contributed by atoms with E-state index in [1.165, 1.54) is 12.7 Å². The Labute approximate surface area is 186 Å². The van der Waals surface area contributed by atoms with Crippen molar-refractivity contribution >= 4 is 17.2 Å². The highest BCUT2D eigenvalue weighted by molar-refractivity contribution is 5.90. The summed E-state index contributed by atoms with van der Waals surface area (Å²) in [5.41, 5.74) is 4.56. The molecule has 2 aromatic heterocycles. The first-order chi connectivity index (χ1) is 15.6. The van der Waals surface area contributed by atoms with Crippen LogP contribution >= 0.6 is 0 Å². The first-order valence-electron chi connectivity index (χ1n) is 10.8. The van der Waals surface area contributed by atoms with Crippen LogP contribution in [0.2, 0.25) is 0 Å². The van der Waals surface area contributed by atoms with Crippen molar-refractivity contribution in [3.05, 3.63) is 83.9 Å². The molecule has 0 fully saturated rings. The third-order valence-corrected chi connectivity index (χ3v) is 5.47. The van der Waals surface area contributed by atoms with Crippen molar-refractivity contribution < 1.29 is 19.1 Å². The minimum Gasteiger partial charge on any atom is -0.465 e. The summed E-state index contributed by atoms with van der Waals surface area (Å²) in [7, 11) is 1.36. The van der Waals surface area contributed by atoms with Crippen LogP contribution in [0.1, 0.15) is 53.6 Å². The van der Waals surface area contributed by atoms with E-state index in [0.717, 1.165) is 36.8 Å². The maximum atomic E-state index is 11.6. The number of benzene rings is 2. The van der Waals surface area contributed by atoms with Crippen molar-refractivity contribution in [2.45, 2.75) is 38.2 Å². The SMILES string of the molecule is COC(=O)c1ccc(-c2cnc3nc(C(O)CCCCCc4ccccc4)oc3c2)cc1. The summed E-state index contributed by atoms with van der Waals surface area (Å²) in [5, 5.41) is 10.5. The average molecular weight is 431 g/mol. The van der Waals surface area contributed by atoms with Crippen LogP contribution in [-0.2, 0) is 11.2 Å². The molecule has 4 rings (SSSR count). The zero-order valence-electron chi connectivity index (χ0n) is 18.0. The molecular formula is C26H26N2O4. The van der Waals surface area contributed by atoms with Gasteiger partial charge in [-0.1, -0.05) is 55.3 Å². The molecule has 4 aromatic rings. The van der Waals surface area contributed by atoms with E-state index in [1.54, 1.807) is 18.3 Å². The molecule has 0 saturated heterocycles. The van der Waals surface area contributed by atoms with Gasteiger partial charge in [-0.25, -0.2) is 9.78 Å². The number of aryl methyl sites for hydroxylation is 1. The van der Waals surface area contributed by atoms with Crippen molar-refractivity contribution in [3.63, 3.8) is 0 Å². The van der Waals surface area contributed by atoms with E-state index >= 15 is 0 Å². The Balaban J connectivity index is 1.35. The van der Waals surface area contributed by atoms with Gasteiger partial charge >= 0.3 is 5.97 Å². The third kappa shape index (κ3) is 5.21. The second-order valence-corrected chi connectivity index (χ2v) is 7.77. The number of carbonyl (C=O) groups excluding carboxylic acids is 1. The van der Waals surface area contributed by atoms with Crippen LogP contribution in [0.15, 0.2) is 71.3 Å². The number of pyridine rings is 1. The predicted octanol–water partition coefficient (Wildman–Crippen LogP) is 5.51. The number of fused-ring (bicyclic) bond motifs is 1. The number of unbranched alkanes of at least 4 members (excludes halogenated alkanes) is 2. The third-order valence-electron chi connectivity index (χ3n) is 5.47. The van der Waals surface area contributed by atoms with Gasteiger partial charge in [0, 0.05) is 11.8 Å². The summed E-state index contributed by atoms with van der Waals surface area (Å²) in [6.07, 6.45) is 5.63. The fraction of sp³-hybridized carbons (Fsp3) is 0.269. The van der Waals surface area contributed by atoms with E-state index in [4.69, 9.17) is 9.15 Å². The Bertz CT molecular complexity index is 1170. The van der Waals surface area contributed by atoms with Crippen LogP contribution in [0, 0.1) is 0 Å². The molecule has 164 valence electrons. The minimum absolute atomic E-state index is 0.300. The molecule has 0 aliphatic carbocycles. The second kappa shape index (κ2) is 10.2. The van der Waals surface area contributed by atoms with Gasteiger partial charge in [-0.3, -0.25) is 0 Å². The number of carbonyl (C=O) groups is 1. The van der Waals surface area contributed by atoms with Crippen LogP contribution in [0.5, 0.6) is 0 Å². The Morgan fingerprint density at radius 2 is 1.81 bits per heavy atom. The van der Waals surface area contributed by atoms with Gasteiger partial charge in [-0.15, -0.1) is 0 Å². The first kappa shape index (κ1) is 21.7. The average Bonchev–Trinajstić information content (AvgIpc) is 3.27. The highest BCUT2D eigenvalue weighted by atomic mass is 16.5. The molecule has 0 bridgehead atoms. The van der Waals surface area contributed by atoms with Crippen LogP contribution in [-0.4, -0.2) is 28.2 Å². The maximum absolute atomic E-state index is 11.6. The number of ether oxygens (including phenoxy) is 1. The van der Waals surface area contributed by atoms with Gasteiger partial charge in [-0.2, -0.15) is 4.98 Å². The quantitative estimate of drug-likeness (QED) is 0.278. The second-order valence-electron chi connectivity index (χ2n) is 7.77. The summed E-state index contributed by atoms with van der Waals surface area (Å²) in [5.74, 6) is -0.0761. The van der Waals surface area contributed by atoms with Crippen molar-refractivity contribution in [2.24, 2.45) is 0 Å². The molecule has 1 N–H and O–H groups in total. The van der Waals surface area contributed by atoms with Gasteiger partial charge in [-0.05, 0) is 48.6 Å². The highest BCUT2D eigenvalue weighted by Gasteiger charge is 2.16. The lowest BCUT2D eigenvalue weighted by atomic mass is 10.0. The molecule has 1 unspecified atom stereocenters. The fourth-order valence-corrected chi connectivity index (χ4v) is 3.67. The number of hydrogen-bond donors (Lipinski definition) is 1. The number of hydrogen-bond acceptors (Lipinski definition) is 6. The summed E-state index contributed by atoms with van der Waals surface area (Å²) < 4.78 is 10.5. The molecule has 32 heavy (non-hydrogen) atoms. The van der Waals surface area contributed by atoms with E-state index < -0.39 is 6.10 Å². The Hall–Kier alpha value is -3.51. The van der Waals surface area contributed by atoms with Gasteiger partial charge in [0.2, 0.25) is 5.89 Å². The predicted molar refractivity (Wildman–Crippen MR) is 122 cm³/mol. The first-order valence-corrected chi connectivity index (χ1v) is 10.8. The number of rotatable bonds is 9. The molecule has 0 amide bonds. The molecule has 0 spiro atoms. The molecule has 6 heteroatoms. The van der Waals surface area contributed by atoms with E-state index in [0.29, 0.717) is 29.1 Å². The molecule has 0 aliphatic heterocycles. The van der Waals surface area contributed by atoms with Gasteiger partial charge in [0.15, 0.2) is 11.2 Å². The molecule has 2 aromatic carbocycles. The number of aliphatic hydroxyl groups excluding tert-OH is 1. The Morgan fingerprint density at radius 1 is 1.03 bits per heavy atom. The van der Waals surface area contributed by atoms with Gasteiger partial charge in [0.25, 0.3) is 0 Å². The highest BCUT2D eigenvalue weighted by Crippen LogP contribution is 2.27. The molecule has 2 heterocycles. The summed E-state index contributed by atoms with van der Waals surface area (Å²) in [6.45, 7) is 0. The molecular weight excluding hydrogens is 404 g/mol. The van der Waals surface area contributed by atoms with Crippen molar-refractivity contribution in [1.29, 1.82) is 0 Å². The van der Waals surface area contributed by atoms with Crippen molar-refractivity contribution in [3.8, 4) is 11.1 Å². The Kier molecular flexibility index (Phi) is 6.92. The van der Waals surface area contributed by atoms with Crippen molar-refractivity contribution in [1.82, 2.24) is 9.97 Å². The normalized spacial score (nSPS) is 12.1. The summed E-state index contributed by atoms with van der Waals surface area (Å²) in [4.78, 5) is 20.3. The Morgan fingerprint density at radius 3 is 2.56 bits per heavy atom. The smallest absolute Gasteiger partial charge is 0.337 e. The zero-order valence-corrected chi connectivity index (χ0v) is 18.0. The van der Waals surface area contributed by atoms with E-state index in [2.05, 4.69) is 34.2 Å². The molecule has 0 saturated carbocycles. The largest absolute Gasteiger partial charge is 0.465 e. The zero-order chi connectivity index (χ0) is 22.3. The number of oxazole rings is 1. The minimum atomic E-state index is -0.747. The fourth-order valence-electron chi connectivity index (χ4n) is 3.67. The van der Waals surface area contributed by atoms with Gasteiger partial charge in [0.05, 0.1) is 12.7 Å². The number of nitrogens with zero attached hydrogens (tertiary/aromatic N) is 2. The monoisotopic (exact) mass is 430 g/mol. The molecule has 0 aliphatic rings. The van der Waals surface area contributed by atoms with Crippen LogP contribution in [0.4, 0.5) is 0 Å². The van der Waals surface area contributed by atoms with E-state index in [-0.39, 0.29) is 5.97 Å². The summed E-state index contributed by atoms with van der Waals surface area (Å²) in [6, 6.07) is 19.3. The number of aliphatic hydroxyl groups is 1. The summed E-state index contributed by atoms with van der Waals surface area (Å²) >= 11 is 0. The number of esters is 1. The molecule has 0 radical (unpaired) electrons. The van der Waals surface area contributed by atoms with Crippen molar-refractivity contribution in [2.75, 3.05) is 7.11 Å². The molecule has 1 atom stereocenters. The lowest BCUT2D eigenvalue weighted by molar-refractivity contribution is 0.0600.